The number of aromatic nitrogens is 2. The van der Waals surface area contributed by atoms with Crippen LogP contribution in [0.15, 0.2) is 12.4 Å². The number of nitrogens with zero attached hydrogens (tertiary/aromatic N) is 2. The Kier molecular flexibility index (Phi) is 4.56. The first kappa shape index (κ1) is 14.4. The van der Waals surface area contributed by atoms with Crippen molar-refractivity contribution in [2.24, 2.45) is 5.41 Å². The van der Waals surface area contributed by atoms with Crippen molar-refractivity contribution >= 4 is 0 Å². The van der Waals surface area contributed by atoms with Crippen LogP contribution < -0.4 is 5.32 Å². The van der Waals surface area contributed by atoms with E-state index in [1.807, 2.05) is 6.20 Å². The average molecular weight is 261 g/mol. The number of nitrogens with one attached hydrogen (secondary N) is 1. The van der Waals surface area contributed by atoms with Gasteiger partial charge in [0.05, 0.1) is 11.4 Å². The highest BCUT2D eigenvalue weighted by Crippen LogP contribution is 2.57. The van der Waals surface area contributed by atoms with Crippen LogP contribution in [0.25, 0.3) is 0 Å². The third kappa shape index (κ3) is 2.40. The summed E-state index contributed by atoms with van der Waals surface area (Å²) >= 11 is 0. The van der Waals surface area contributed by atoms with Gasteiger partial charge in [-0.3, -0.25) is 9.97 Å². The Morgan fingerprint density at radius 2 is 1.89 bits per heavy atom. The molecule has 0 aromatic carbocycles. The van der Waals surface area contributed by atoms with Crippen molar-refractivity contribution in [3.8, 4) is 0 Å². The smallest absolute Gasteiger partial charge is 0.0653 e. The molecule has 0 spiro atoms. The van der Waals surface area contributed by atoms with E-state index in [1.165, 1.54) is 31.4 Å². The summed E-state index contributed by atoms with van der Waals surface area (Å²) in [5, 5.41) is 3.73. The molecule has 1 aromatic rings. The molecule has 1 fully saturated rings. The minimum Gasteiger partial charge on any atom is -0.313 e. The molecule has 2 atom stereocenters. The maximum atomic E-state index is 4.62. The maximum Gasteiger partial charge on any atom is 0.0653 e. The van der Waals surface area contributed by atoms with E-state index in [2.05, 4.69) is 43.0 Å². The maximum absolute atomic E-state index is 4.62. The van der Waals surface area contributed by atoms with Crippen LogP contribution in [0.2, 0.25) is 0 Å². The van der Waals surface area contributed by atoms with Gasteiger partial charge in [-0.25, -0.2) is 0 Å². The summed E-state index contributed by atoms with van der Waals surface area (Å²) in [5.41, 5.74) is 2.70. The van der Waals surface area contributed by atoms with E-state index >= 15 is 0 Å². The second-order valence-electron chi connectivity index (χ2n) is 5.76. The molecule has 0 bridgehead atoms. The minimum atomic E-state index is 0.371. The van der Waals surface area contributed by atoms with E-state index in [1.54, 1.807) is 6.20 Å². The Balaban J connectivity index is 2.21. The first-order chi connectivity index (χ1) is 9.19. The van der Waals surface area contributed by atoms with Crippen LogP contribution in [0.4, 0.5) is 0 Å². The van der Waals surface area contributed by atoms with E-state index in [0.717, 1.165) is 12.2 Å². The molecule has 1 aromatic heterocycles. The van der Waals surface area contributed by atoms with Crippen molar-refractivity contribution in [2.45, 2.75) is 65.3 Å². The molecule has 1 N–H and O–H groups in total. The lowest BCUT2D eigenvalue weighted by molar-refractivity contribution is 0.0174. The van der Waals surface area contributed by atoms with Gasteiger partial charge in [-0.15, -0.1) is 0 Å². The molecule has 0 amide bonds. The molecular weight excluding hydrogens is 234 g/mol. The van der Waals surface area contributed by atoms with E-state index in [9.17, 15) is 0 Å². The quantitative estimate of drug-likeness (QED) is 0.852. The van der Waals surface area contributed by atoms with E-state index < -0.39 is 0 Å². The fraction of sp³-hybridized carbons (Fsp3) is 0.750. The molecule has 1 aliphatic carbocycles. The number of hydrogen-bond donors (Lipinski definition) is 1. The van der Waals surface area contributed by atoms with Gasteiger partial charge in [0.25, 0.3) is 0 Å². The molecule has 2 rings (SSSR count). The van der Waals surface area contributed by atoms with Gasteiger partial charge in [-0.05, 0) is 44.6 Å². The van der Waals surface area contributed by atoms with Crippen LogP contribution in [0.3, 0.4) is 0 Å². The molecule has 1 aliphatic rings. The summed E-state index contributed by atoms with van der Waals surface area (Å²) in [6.07, 6.45) is 8.47. The van der Waals surface area contributed by atoms with Crippen molar-refractivity contribution in [3.63, 3.8) is 0 Å². The Labute approximate surface area is 117 Å². The van der Waals surface area contributed by atoms with Crippen molar-refractivity contribution in [3.05, 3.63) is 23.8 Å². The summed E-state index contributed by atoms with van der Waals surface area (Å²) in [6, 6.07) is 0.647. The van der Waals surface area contributed by atoms with Gasteiger partial charge >= 0.3 is 0 Å². The van der Waals surface area contributed by atoms with Gasteiger partial charge in [0.2, 0.25) is 0 Å². The molecule has 106 valence electrons. The summed E-state index contributed by atoms with van der Waals surface area (Å²) in [6.45, 7) is 10.1. The molecule has 0 aliphatic heterocycles. The fourth-order valence-electron chi connectivity index (χ4n) is 3.77. The summed E-state index contributed by atoms with van der Waals surface area (Å²) in [7, 11) is 0. The van der Waals surface area contributed by atoms with Crippen molar-refractivity contribution < 1.29 is 0 Å². The standard InChI is InChI=1S/C16H27N3/c1-5-8-18-14-11-13(16(14,6-2)7-3)15-12(4)17-9-10-19-15/h9-10,13-14,18H,5-8,11H2,1-4H3. The molecule has 0 saturated heterocycles. The largest absolute Gasteiger partial charge is 0.313 e. The minimum absolute atomic E-state index is 0.371. The highest BCUT2D eigenvalue weighted by Gasteiger charge is 2.53. The van der Waals surface area contributed by atoms with Crippen LogP contribution in [-0.4, -0.2) is 22.6 Å². The van der Waals surface area contributed by atoms with Gasteiger partial charge in [-0.2, -0.15) is 0 Å². The molecule has 1 saturated carbocycles. The molecule has 1 heterocycles. The van der Waals surface area contributed by atoms with E-state index in [-0.39, 0.29) is 0 Å². The number of rotatable bonds is 6. The molecular formula is C16H27N3. The fourth-order valence-corrected chi connectivity index (χ4v) is 3.77. The SMILES string of the molecule is CCCNC1CC(c2nccnc2C)C1(CC)CC. The van der Waals surface area contributed by atoms with Gasteiger partial charge in [-0.1, -0.05) is 20.8 Å². The van der Waals surface area contributed by atoms with Gasteiger partial charge in [0.15, 0.2) is 0 Å². The molecule has 19 heavy (non-hydrogen) atoms. The first-order valence-corrected chi connectivity index (χ1v) is 7.70. The summed E-state index contributed by atoms with van der Waals surface area (Å²) < 4.78 is 0. The van der Waals surface area contributed by atoms with E-state index in [4.69, 9.17) is 0 Å². The molecule has 0 radical (unpaired) electrons. The average Bonchev–Trinajstić information content (AvgIpc) is 2.41. The number of aryl methyl sites for hydroxylation is 1. The lowest BCUT2D eigenvalue weighted by Crippen LogP contribution is -2.58. The Morgan fingerprint density at radius 3 is 2.47 bits per heavy atom. The second-order valence-corrected chi connectivity index (χ2v) is 5.76. The van der Waals surface area contributed by atoms with Crippen molar-refractivity contribution in [1.29, 1.82) is 0 Å². The van der Waals surface area contributed by atoms with Gasteiger partial charge in [0.1, 0.15) is 0 Å². The van der Waals surface area contributed by atoms with Crippen LogP contribution >= 0.6 is 0 Å². The number of hydrogen-bond acceptors (Lipinski definition) is 3. The van der Waals surface area contributed by atoms with Gasteiger partial charge in [0, 0.05) is 24.4 Å². The zero-order valence-electron chi connectivity index (χ0n) is 12.7. The third-order valence-electron chi connectivity index (χ3n) is 5.07. The summed E-state index contributed by atoms with van der Waals surface area (Å²) in [4.78, 5) is 9.04. The zero-order valence-corrected chi connectivity index (χ0v) is 12.7. The highest BCUT2D eigenvalue weighted by atomic mass is 15.0. The molecule has 2 unspecified atom stereocenters. The predicted octanol–water partition coefficient (Wildman–Crippen LogP) is 3.45. The van der Waals surface area contributed by atoms with Crippen LogP contribution in [0.1, 0.15) is 63.8 Å². The topological polar surface area (TPSA) is 37.8 Å². The van der Waals surface area contributed by atoms with Crippen LogP contribution in [0.5, 0.6) is 0 Å². The third-order valence-corrected chi connectivity index (χ3v) is 5.07. The monoisotopic (exact) mass is 261 g/mol. The lowest BCUT2D eigenvalue weighted by Gasteiger charge is -2.56. The van der Waals surface area contributed by atoms with E-state index in [0.29, 0.717) is 17.4 Å². The van der Waals surface area contributed by atoms with Crippen LogP contribution in [0, 0.1) is 12.3 Å². The Morgan fingerprint density at radius 1 is 1.21 bits per heavy atom. The van der Waals surface area contributed by atoms with Gasteiger partial charge < -0.3 is 5.32 Å². The van der Waals surface area contributed by atoms with Crippen molar-refractivity contribution in [1.82, 2.24) is 15.3 Å². The summed E-state index contributed by atoms with van der Waals surface area (Å²) in [5.74, 6) is 0.575. The zero-order chi connectivity index (χ0) is 13.9. The van der Waals surface area contributed by atoms with Crippen LogP contribution in [-0.2, 0) is 0 Å². The normalized spacial score (nSPS) is 25.1. The molecule has 3 nitrogen and oxygen atoms in total. The highest BCUT2D eigenvalue weighted by molar-refractivity contribution is 5.25. The predicted molar refractivity (Wildman–Crippen MR) is 79.2 cm³/mol. The second kappa shape index (κ2) is 6.00. The Hall–Kier alpha value is -0.960. The van der Waals surface area contributed by atoms with Crippen molar-refractivity contribution in [2.75, 3.05) is 6.54 Å². The molecule has 3 heteroatoms. The Bertz CT molecular complexity index is 412. The first-order valence-electron chi connectivity index (χ1n) is 7.70. The lowest BCUT2D eigenvalue weighted by atomic mass is 9.52.